The van der Waals surface area contributed by atoms with Crippen molar-refractivity contribution in [2.24, 2.45) is 0 Å². The number of aromatic nitrogens is 2. The van der Waals surface area contributed by atoms with Crippen LogP contribution in [-0.2, 0) is 0 Å². The second-order valence-electron chi connectivity index (χ2n) is 4.67. The third-order valence-electron chi connectivity index (χ3n) is 3.09. The first-order valence-electron chi connectivity index (χ1n) is 6.98. The van der Waals surface area contributed by atoms with Crippen LogP contribution in [0.3, 0.4) is 0 Å². The lowest BCUT2D eigenvalue weighted by Crippen LogP contribution is -2.15. The highest BCUT2D eigenvalue weighted by Crippen LogP contribution is 2.21. The molecule has 0 spiro atoms. The van der Waals surface area contributed by atoms with Gasteiger partial charge in [0.25, 0.3) is 5.91 Å². The minimum Gasteiger partial charge on any atom is -0.497 e. The predicted molar refractivity (Wildman–Crippen MR) is 83.6 cm³/mol. The Balaban J connectivity index is 2.24. The van der Waals surface area contributed by atoms with Crippen molar-refractivity contribution < 1.29 is 14.3 Å². The molecule has 0 saturated heterocycles. The van der Waals surface area contributed by atoms with E-state index in [1.54, 1.807) is 45.2 Å². The summed E-state index contributed by atoms with van der Waals surface area (Å²) >= 11 is 0. The van der Waals surface area contributed by atoms with Crippen LogP contribution in [0.5, 0.6) is 11.8 Å². The molecule has 0 aliphatic rings. The molecule has 2 aromatic rings. The second kappa shape index (κ2) is 6.89. The summed E-state index contributed by atoms with van der Waals surface area (Å²) in [5, 5.41) is 2.84. The molecule has 1 aromatic carbocycles. The number of rotatable bonds is 5. The Kier molecular flexibility index (Phi) is 4.93. The first-order valence-corrected chi connectivity index (χ1v) is 6.98. The largest absolute Gasteiger partial charge is 0.497 e. The van der Waals surface area contributed by atoms with Crippen LogP contribution in [0.15, 0.2) is 24.3 Å². The lowest BCUT2D eigenvalue weighted by Gasteiger charge is -2.12. The minimum absolute atomic E-state index is 0.238. The van der Waals surface area contributed by atoms with Crippen LogP contribution in [0.2, 0.25) is 0 Å². The van der Waals surface area contributed by atoms with Gasteiger partial charge < -0.3 is 14.8 Å². The summed E-state index contributed by atoms with van der Waals surface area (Å²) in [4.78, 5) is 20.8. The van der Waals surface area contributed by atoms with Crippen molar-refractivity contribution in [1.82, 2.24) is 9.97 Å². The van der Waals surface area contributed by atoms with E-state index in [0.717, 1.165) is 0 Å². The lowest BCUT2D eigenvalue weighted by atomic mass is 10.2. The summed E-state index contributed by atoms with van der Waals surface area (Å²) in [6.07, 6.45) is 0. The molecule has 0 saturated carbocycles. The van der Waals surface area contributed by atoms with E-state index in [4.69, 9.17) is 9.47 Å². The van der Waals surface area contributed by atoms with Gasteiger partial charge in [-0.05, 0) is 39.0 Å². The van der Waals surface area contributed by atoms with Crippen LogP contribution < -0.4 is 14.8 Å². The number of carbonyl (C=O) groups excluding carboxylic acids is 1. The fourth-order valence-corrected chi connectivity index (χ4v) is 2.01. The molecule has 1 heterocycles. The van der Waals surface area contributed by atoms with Crippen LogP contribution in [0.4, 0.5) is 5.69 Å². The van der Waals surface area contributed by atoms with E-state index in [2.05, 4.69) is 15.3 Å². The smallest absolute Gasteiger partial charge is 0.316 e. The number of nitrogens with one attached hydrogen (secondary N) is 1. The molecule has 0 bridgehead atoms. The van der Waals surface area contributed by atoms with Gasteiger partial charge in [-0.1, -0.05) is 6.07 Å². The summed E-state index contributed by atoms with van der Waals surface area (Å²) in [5.74, 6) is 0.391. The Labute approximate surface area is 129 Å². The van der Waals surface area contributed by atoms with Crippen molar-refractivity contribution in [3.05, 3.63) is 41.2 Å². The molecule has 116 valence electrons. The quantitative estimate of drug-likeness (QED) is 0.919. The van der Waals surface area contributed by atoms with E-state index in [9.17, 15) is 4.79 Å². The summed E-state index contributed by atoms with van der Waals surface area (Å²) in [6, 6.07) is 7.26. The van der Waals surface area contributed by atoms with Gasteiger partial charge in [0.15, 0.2) is 0 Å². The number of methoxy groups -OCH3 is 1. The standard InChI is InChI=1S/C16H19N3O3/c1-5-22-16-17-10(2)14(11(3)18-16)19-15(20)12-7-6-8-13(9-12)21-4/h6-9H,5H2,1-4H3,(H,19,20). The zero-order chi connectivity index (χ0) is 16.1. The van der Waals surface area contributed by atoms with Crippen molar-refractivity contribution in [2.45, 2.75) is 20.8 Å². The number of anilines is 1. The Hall–Kier alpha value is -2.63. The average molecular weight is 301 g/mol. The zero-order valence-electron chi connectivity index (χ0n) is 13.1. The number of hydrogen-bond acceptors (Lipinski definition) is 5. The molecular weight excluding hydrogens is 282 g/mol. The predicted octanol–water partition coefficient (Wildman–Crippen LogP) is 2.75. The maximum absolute atomic E-state index is 12.3. The SMILES string of the molecule is CCOc1nc(C)c(NC(=O)c2cccc(OC)c2)c(C)n1. The van der Waals surface area contributed by atoms with Crippen molar-refractivity contribution in [1.29, 1.82) is 0 Å². The Morgan fingerprint density at radius 3 is 2.50 bits per heavy atom. The van der Waals surface area contributed by atoms with E-state index in [1.807, 2.05) is 6.92 Å². The number of ether oxygens (including phenoxy) is 2. The van der Waals surface area contributed by atoms with Gasteiger partial charge in [0.2, 0.25) is 0 Å². The fourth-order valence-electron chi connectivity index (χ4n) is 2.01. The third kappa shape index (κ3) is 3.52. The number of hydrogen-bond donors (Lipinski definition) is 1. The van der Waals surface area contributed by atoms with Gasteiger partial charge in [-0.25, -0.2) is 0 Å². The van der Waals surface area contributed by atoms with E-state index in [1.165, 1.54) is 0 Å². The van der Waals surface area contributed by atoms with Crippen molar-refractivity contribution in [3.63, 3.8) is 0 Å². The maximum atomic E-state index is 12.3. The van der Waals surface area contributed by atoms with Crippen molar-refractivity contribution in [2.75, 3.05) is 19.0 Å². The van der Waals surface area contributed by atoms with E-state index < -0.39 is 0 Å². The van der Waals surface area contributed by atoms with Gasteiger partial charge in [-0.15, -0.1) is 0 Å². The number of benzene rings is 1. The first kappa shape index (κ1) is 15.8. The van der Waals surface area contributed by atoms with Crippen molar-refractivity contribution >= 4 is 11.6 Å². The third-order valence-corrected chi connectivity index (χ3v) is 3.09. The molecule has 22 heavy (non-hydrogen) atoms. The number of nitrogens with zero attached hydrogens (tertiary/aromatic N) is 2. The van der Waals surface area contributed by atoms with Crippen molar-refractivity contribution in [3.8, 4) is 11.8 Å². The zero-order valence-corrected chi connectivity index (χ0v) is 13.1. The summed E-state index contributed by atoms with van der Waals surface area (Å²) in [6.45, 7) is 5.97. The van der Waals surface area contributed by atoms with Gasteiger partial charge in [0.1, 0.15) is 5.75 Å². The van der Waals surface area contributed by atoms with Crippen LogP contribution in [-0.4, -0.2) is 29.6 Å². The summed E-state index contributed by atoms with van der Waals surface area (Å²) < 4.78 is 10.4. The highest BCUT2D eigenvalue weighted by atomic mass is 16.5. The summed E-state index contributed by atoms with van der Waals surface area (Å²) in [7, 11) is 1.56. The highest BCUT2D eigenvalue weighted by Gasteiger charge is 2.14. The van der Waals surface area contributed by atoms with Crippen LogP contribution in [0, 0.1) is 13.8 Å². The molecule has 1 aromatic heterocycles. The number of aryl methyl sites for hydroxylation is 2. The van der Waals surface area contributed by atoms with Gasteiger partial charge in [-0.2, -0.15) is 9.97 Å². The first-order chi connectivity index (χ1) is 10.5. The van der Waals surface area contributed by atoms with Gasteiger partial charge in [0, 0.05) is 5.56 Å². The molecule has 0 unspecified atom stereocenters. The second-order valence-corrected chi connectivity index (χ2v) is 4.67. The number of amides is 1. The molecule has 1 N–H and O–H groups in total. The topological polar surface area (TPSA) is 73.3 Å². The number of carbonyl (C=O) groups is 1. The van der Waals surface area contributed by atoms with Gasteiger partial charge >= 0.3 is 6.01 Å². The van der Waals surface area contributed by atoms with E-state index >= 15 is 0 Å². The average Bonchev–Trinajstić information content (AvgIpc) is 2.51. The molecule has 6 heteroatoms. The van der Waals surface area contributed by atoms with Crippen LogP contribution in [0.1, 0.15) is 28.7 Å². The van der Waals surface area contributed by atoms with E-state index in [0.29, 0.717) is 41.0 Å². The molecule has 0 aliphatic carbocycles. The molecule has 2 rings (SSSR count). The molecule has 1 amide bonds. The van der Waals surface area contributed by atoms with Gasteiger partial charge in [0.05, 0.1) is 30.8 Å². The molecule has 0 fully saturated rings. The minimum atomic E-state index is -0.238. The van der Waals surface area contributed by atoms with Crippen LogP contribution in [0.25, 0.3) is 0 Å². The Bertz CT molecular complexity index is 663. The molecule has 6 nitrogen and oxygen atoms in total. The lowest BCUT2D eigenvalue weighted by molar-refractivity contribution is 0.102. The molecule has 0 radical (unpaired) electrons. The Morgan fingerprint density at radius 2 is 1.91 bits per heavy atom. The van der Waals surface area contributed by atoms with Crippen LogP contribution >= 0.6 is 0 Å². The van der Waals surface area contributed by atoms with E-state index in [-0.39, 0.29) is 5.91 Å². The molecular formula is C16H19N3O3. The highest BCUT2D eigenvalue weighted by molar-refractivity contribution is 6.05. The fraction of sp³-hybridized carbons (Fsp3) is 0.312. The molecule has 0 aliphatic heterocycles. The normalized spacial score (nSPS) is 10.2. The molecule has 0 atom stereocenters. The maximum Gasteiger partial charge on any atom is 0.316 e. The van der Waals surface area contributed by atoms with Gasteiger partial charge in [-0.3, -0.25) is 4.79 Å². The Morgan fingerprint density at radius 1 is 1.23 bits per heavy atom. The summed E-state index contributed by atoms with van der Waals surface area (Å²) in [5.41, 5.74) is 2.42. The monoisotopic (exact) mass is 301 g/mol.